The van der Waals surface area contributed by atoms with Crippen molar-refractivity contribution in [2.45, 2.75) is 39.2 Å². The van der Waals surface area contributed by atoms with Gasteiger partial charge in [-0.2, -0.15) is 0 Å². The van der Waals surface area contributed by atoms with Gasteiger partial charge in [0.05, 0.1) is 6.54 Å². The summed E-state index contributed by atoms with van der Waals surface area (Å²) in [5.74, 6) is 0. The highest BCUT2D eigenvalue weighted by Crippen LogP contribution is 2.10. The maximum absolute atomic E-state index is 11.9. The Bertz CT molecular complexity index is 423. The molecule has 1 aromatic carbocycles. The number of carbonyl (C=O) groups excluding carboxylic acids is 2. The average Bonchev–Trinajstić information content (AvgIpc) is 2.37. The first-order valence-electron chi connectivity index (χ1n) is 6.88. The van der Waals surface area contributed by atoms with E-state index in [1.54, 1.807) is 0 Å². The van der Waals surface area contributed by atoms with Crippen LogP contribution in [0.4, 0.5) is 4.79 Å². The van der Waals surface area contributed by atoms with Crippen LogP contribution < -0.4 is 0 Å². The zero-order chi connectivity index (χ0) is 15.0. The van der Waals surface area contributed by atoms with E-state index in [2.05, 4.69) is 12.1 Å². The lowest BCUT2D eigenvalue weighted by molar-refractivity contribution is -0.109. The van der Waals surface area contributed by atoms with Crippen molar-refractivity contribution in [2.24, 2.45) is 0 Å². The molecule has 0 atom stereocenters. The Morgan fingerprint density at radius 3 is 2.45 bits per heavy atom. The van der Waals surface area contributed by atoms with Gasteiger partial charge in [-0.15, -0.1) is 0 Å². The highest BCUT2D eigenvalue weighted by atomic mass is 16.6. The van der Waals surface area contributed by atoms with E-state index in [0.717, 1.165) is 19.1 Å². The van der Waals surface area contributed by atoms with Gasteiger partial charge in [0.25, 0.3) is 0 Å². The molecule has 0 aliphatic rings. The van der Waals surface area contributed by atoms with Gasteiger partial charge in [0.1, 0.15) is 11.9 Å². The normalized spacial score (nSPS) is 10.9. The molecule has 4 nitrogen and oxygen atoms in total. The van der Waals surface area contributed by atoms with Crippen molar-refractivity contribution < 1.29 is 14.3 Å². The maximum atomic E-state index is 11.9. The molecule has 0 aromatic heterocycles. The number of aryl methyl sites for hydroxylation is 1. The summed E-state index contributed by atoms with van der Waals surface area (Å²) in [5.41, 5.74) is 0.681. The third-order valence-corrected chi connectivity index (χ3v) is 2.68. The number of benzene rings is 1. The van der Waals surface area contributed by atoms with Crippen molar-refractivity contribution in [3.8, 4) is 0 Å². The summed E-state index contributed by atoms with van der Waals surface area (Å²) in [6.45, 7) is 6.03. The first-order chi connectivity index (χ1) is 9.42. The smallest absolute Gasteiger partial charge is 0.410 e. The Kier molecular flexibility index (Phi) is 6.22. The molecule has 0 fully saturated rings. The van der Waals surface area contributed by atoms with Gasteiger partial charge < -0.3 is 14.4 Å². The number of nitrogens with zero attached hydrogens (tertiary/aromatic N) is 1. The van der Waals surface area contributed by atoms with E-state index in [4.69, 9.17) is 4.74 Å². The summed E-state index contributed by atoms with van der Waals surface area (Å²) >= 11 is 0. The molecule has 0 aliphatic carbocycles. The summed E-state index contributed by atoms with van der Waals surface area (Å²) in [5, 5.41) is 0. The van der Waals surface area contributed by atoms with E-state index >= 15 is 0 Å². The first-order valence-corrected chi connectivity index (χ1v) is 6.88. The van der Waals surface area contributed by atoms with E-state index in [0.29, 0.717) is 6.54 Å². The van der Waals surface area contributed by atoms with E-state index < -0.39 is 11.7 Å². The monoisotopic (exact) mass is 277 g/mol. The number of rotatable bonds is 6. The molecule has 4 heteroatoms. The van der Waals surface area contributed by atoms with Crippen LogP contribution >= 0.6 is 0 Å². The maximum Gasteiger partial charge on any atom is 0.410 e. The molecular formula is C16H23NO3. The van der Waals surface area contributed by atoms with Crippen LogP contribution in [0, 0.1) is 0 Å². The van der Waals surface area contributed by atoms with E-state index in [9.17, 15) is 9.59 Å². The molecule has 1 aromatic rings. The zero-order valence-corrected chi connectivity index (χ0v) is 12.5. The SMILES string of the molecule is CC(C)(C)OC(=O)N(CC=O)CCCc1ccccc1. The van der Waals surface area contributed by atoms with Crippen molar-refractivity contribution in [3.63, 3.8) is 0 Å². The van der Waals surface area contributed by atoms with Gasteiger partial charge in [-0.05, 0) is 39.2 Å². The van der Waals surface area contributed by atoms with Gasteiger partial charge in [-0.25, -0.2) is 4.79 Å². The van der Waals surface area contributed by atoms with Gasteiger partial charge in [0.15, 0.2) is 0 Å². The second-order valence-electron chi connectivity index (χ2n) is 5.68. The van der Waals surface area contributed by atoms with Crippen LogP contribution in [0.1, 0.15) is 32.8 Å². The van der Waals surface area contributed by atoms with Crippen LogP contribution in [0.15, 0.2) is 30.3 Å². The second-order valence-corrected chi connectivity index (χ2v) is 5.68. The molecule has 0 bridgehead atoms. The van der Waals surface area contributed by atoms with Crippen LogP contribution in [0.2, 0.25) is 0 Å². The Hall–Kier alpha value is -1.84. The molecule has 110 valence electrons. The minimum Gasteiger partial charge on any atom is -0.444 e. The van der Waals surface area contributed by atoms with Crippen LogP contribution in [-0.4, -0.2) is 36.0 Å². The molecule has 1 rings (SSSR count). The minimum absolute atomic E-state index is 0.0731. The van der Waals surface area contributed by atoms with Crippen LogP contribution in [0.25, 0.3) is 0 Å². The van der Waals surface area contributed by atoms with Crippen molar-refractivity contribution in [1.29, 1.82) is 0 Å². The Morgan fingerprint density at radius 2 is 1.90 bits per heavy atom. The third kappa shape index (κ3) is 6.36. The number of ether oxygens (including phenoxy) is 1. The molecule has 0 unspecified atom stereocenters. The molecule has 0 spiro atoms. The predicted octanol–water partition coefficient (Wildman–Crippen LogP) is 3.06. The molecule has 20 heavy (non-hydrogen) atoms. The number of amides is 1. The average molecular weight is 277 g/mol. The van der Waals surface area contributed by atoms with Gasteiger partial charge in [-0.3, -0.25) is 0 Å². The lowest BCUT2D eigenvalue weighted by atomic mass is 10.1. The summed E-state index contributed by atoms with van der Waals surface area (Å²) in [7, 11) is 0. The van der Waals surface area contributed by atoms with Crippen LogP contribution in [0.3, 0.4) is 0 Å². The number of carbonyl (C=O) groups is 2. The topological polar surface area (TPSA) is 46.6 Å². The Balaban J connectivity index is 2.46. The highest BCUT2D eigenvalue weighted by molar-refractivity contribution is 5.71. The fraction of sp³-hybridized carbons (Fsp3) is 0.500. The van der Waals surface area contributed by atoms with Crippen LogP contribution in [-0.2, 0) is 16.0 Å². The molecule has 0 N–H and O–H groups in total. The third-order valence-electron chi connectivity index (χ3n) is 2.68. The molecule has 0 heterocycles. The van der Waals surface area contributed by atoms with Crippen molar-refractivity contribution in [3.05, 3.63) is 35.9 Å². The van der Waals surface area contributed by atoms with E-state index in [1.807, 2.05) is 39.0 Å². The molecule has 0 saturated carbocycles. The Labute approximate surface area is 120 Å². The summed E-state index contributed by atoms with van der Waals surface area (Å²) < 4.78 is 5.28. The molecule has 0 radical (unpaired) electrons. The van der Waals surface area contributed by atoms with Crippen molar-refractivity contribution in [2.75, 3.05) is 13.1 Å². The molecule has 0 saturated heterocycles. The van der Waals surface area contributed by atoms with Gasteiger partial charge in [-0.1, -0.05) is 30.3 Å². The summed E-state index contributed by atoms with van der Waals surface area (Å²) in [4.78, 5) is 24.1. The van der Waals surface area contributed by atoms with Crippen molar-refractivity contribution >= 4 is 12.4 Å². The second kappa shape index (κ2) is 7.68. The van der Waals surface area contributed by atoms with Crippen molar-refractivity contribution in [1.82, 2.24) is 4.90 Å². The largest absolute Gasteiger partial charge is 0.444 e. The highest BCUT2D eigenvalue weighted by Gasteiger charge is 2.21. The lowest BCUT2D eigenvalue weighted by Gasteiger charge is -2.26. The van der Waals surface area contributed by atoms with Gasteiger partial charge in [0, 0.05) is 6.54 Å². The van der Waals surface area contributed by atoms with E-state index in [-0.39, 0.29) is 6.54 Å². The molecule has 0 aliphatic heterocycles. The first kappa shape index (κ1) is 16.2. The fourth-order valence-electron chi connectivity index (χ4n) is 1.79. The number of hydrogen-bond acceptors (Lipinski definition) is 3. The minimum atomic E-state index is -0.544. The molecule has 1 amide bonds. The van der Waals surface area contributed by atoms with Gasteiger partial charge >= 0.3 is 6.09 Å². The summed E-state index contributed by atoms with van der Waals surface area (Å²) in [6.07, 6.45) is 1.97. The fourth-order valence-corrected chi connectivity index (χ4v) is 1.79. The standard InChI is InChI=1S/C16H23NO3/c1-16(2,3)20-15(19)17(12-13-18)11-7-10-14-8-5-4-6-9-14/h4-6,8-9,13H,7,10-12H2,1-3H3. The number of aldehydes is 1. The Morgan fingerprint density at radius 1 is 1.25 bits per heavy atom. The van der Waals surface area contributed by atoms with Crippen LogP contribution in [0.5, 0.6) is 0 Å². The predicted molar refractivity (Wildman–Crippen MR) is 78.6 cm³/mol. The zero-order valence-electron chi connectivity index (χ0n) is 12.5. The van der Waals surface area contributed by atoms with Gasteiger partial charge in [0.2, 0.25) is 0 Å². The summed E-state index contributed by atoms with van der Waals surface area (Å²) in [6, 6.07) is 10.1. The van der Waals surface area contributed by atoms with E-state index in [1.165, 1.54) is 10.5 Å². The quantitative estimate of drug-likeness (QED) is 0.751. The number of hydrogen-bond donors (Lipinski definition) is 0. The lowest BCUT2D eigenvalue weighted by Crippen LogP contribution is -2.38. The molecular weight excluding hydrogens is 254 g/mol.